The SMILES string of the molecule is Nc1cnn(CCc2ccncc2)c1. The molecule has 4 heteroatoms. The van der Waals surface area contributed by atoms with Gasteiger partial charge in [0, 0.05) is 25.1 Å². The van der Waals surface area contributed by atoms with Crippen LogP contribution in [0.2, 0.25) is 0 Å². The second kappa shape index (κ2) is 3.91. The Balaban J connectivity index is 1.95. The third-order valence-corrected chi connectivity index (χ3v) is 2.03. The van der Waals surface area contributed by atoms with Crippen LogP contribution in [-0.2, 0) is 13.0 Å². The van der Waals surface area contributed by atoms with E-state index in [0.29, 0.717) is 5.69 Å². The van der Waals surface area contributed by atoms with Gasteiger partial charge in [-0.1, -0.05) is 0 Å². The van der Waals surface area contributed by atoms with Crippen molar-refractivity contribution in [3.8, 4) is 0 Å². The maximum absolute atomic E-state index is 5.55. The summed E-state index contributed by atoms with van der Waals surface area (Å²) in [6.45, 7) is 0.848. The number of nitrogen functional groups attached to an aromatic ring is 1. The van der Waals surface area contributed by atoms with Gasteiger partial charge in [-0.2, -0.15) is 5.10 Å². The lowest BCUT2D eigenvalue weighted by Crippen LogP contribution is -2.01. The summed E-state index contributed by atoms with van der Waals surface area (Å²) in [5.41, 5.74) is 7.52. The second-order valence-corrected chi connectivity index (χ2v) is 3.14. The number of hydrogen-bond acceptors (Lipinski definition) is 3. The van der Waals surface area contributed by atoms with Crippen LogP contribution in [0.4, 0.5) is 5.69 Å². The normalized spacial score (nSPS) is 10.3. The smallest absolute Gasteiger partial charge is 0.0719 e. The van der Waals surface area contributed by atoms with E-state index in [0.717, 1.165) is 13.0 Å². The van der Waals surface area contributed by atoms with E-state index in [4.69, 9.17) is 5.73 Å². The number of aromatic nitrogens is 3. The van der Waals surface area contributed by atoms with Gasteiger partial charge in [0.25, 0.3) is 0 Å². The Hall–Kier alpha value is -1.84. The lowest BCUT2D eigenvalue weighted by molar-refractivity contribution is 0.615. The van der Waals surface area contributed by atoms with Crippen molar-refractivity contribution in [2.75, 3.05) is 5.73 Å². The van der Waals surface area contributed by atoms with E-state index in [1.165, 1.54) is 5.56 Å². The minimum atomic E-state index is 0.708. The number of hydrogen-bond donors (Lipinski definition) is 1. The monoisotopic (exact) mass is 188 g/mol. The highest BCUT2D eigenvalue weighted by atomic mass is 15.3. The average Bonchev–Trinajstić information content (AvgIpc) is 2.63. The third-order valence-electron chi connectivity index (χ3n) is 2.03. The number of aryl methyl sites for hydroxylation is 2. The van der Waals surface area contributed by atoms with E-state index in [9.17, 15) is 0 Å². The molecule has 2 N–H and O–H groups in total. The molecule has 2 heterocycles. The van der Waals surface area contributed by atoms with Gasteiger partial charge >= 0.3 is 0 Å². The Bertz CT molecular complexity index is 394. The quantitative estimate of drug-likeness (QED) is 0.784. The maximum Gasteiger partial charge on any atom is 0.0719 e. The highest BCUT2D eigenvalue weighted by Gasteiger charge is 1.95. The molecular formula is C10H12N4. The van der Waals surface area contributed by atoms with E-state index < -0.39 is 0 Å². The Morgan fingerprint density at radius 3 is 2.71 bits per heavy atom. The lowest BCUT2D eigenvalue weighted by atomic mass is 10.2. The van der Waals surface area contributed by atoms with Crippen LogP contribution in [0, 0.1) is 0 Å². The van der Waals surface area contributed by atoms with Gasteiger partial charge in [-0.3, -0.25) is 9.67 Å². The fourth-order valence-electron chi connectivity index (χ4n) is 1.29. The second-order valence-electron chi connectivity index (χ2n) is 3.14. The van der Waals surface area contributed by atoms with Gasteiger partial charge in [-0.05, 0) is 24.1 Å². The first-order valence-electron chi connectivity index (χ1n) is 4.51. The first-order valence-corrected chi connectivity index (χ1v) is 4.51. The average molecular weight is 188 g/mol. The van der Waals surface area contributed by atoms with Gasteiger partial charge in [0.05, 0.1) is 11.9 Å². The Labute approximate surface area is 82.4 Å². The van der Waals surface area contributed by atoms with Crippen molar-refractivity contribution in [2.45, 2.75) is 13.0 Å². The molecule has 14 heavy (non-hydrogen) atoms. The summed E-state index contributed by atoms with van der Waals surface area (Å²) in [5.74, 6) is 0. The van der Waals surface area contributed by atoms with Crippen molar-refractivity contribution in [1.29, 1.82) is 0 Å². The van der Waals surface area contributed by atoms with Gasteiger partial charge in [-0.15, -0.1) is 0 Å². The number of nitrogens with zero attached hydrogens (tertiary/aromatic N) is 3. The van der Waals surface area contributed by atoms with E-state index in [-0.39, 0.29) is 0 Å². The third kappa shape index (κ3) is 2.10. The Morgan fingerprint density at radius 2 is 2.07 bits per heavy atom. The lowest BCUT2D eigenvalue weighted by Gasteiger charge is -2.00. The molecule has 2 aromatic heterocycles. The number of anilines is 1. The number of rotatable bonds is 3. The van der Waals surface area contributed by atoms with Crippen LogP contribution in [-0.4, -0.2) is 14.8 Å². The van der Waals surface area contributed by atoms with Gasteiger partial charge in [0.1, 0.15) is 0 Å². The molecule has 2 rings (SSSR count). The topological polar surface area (TPSA) is 56.7 Å². The first-order chi connectivity index (χ1) is 6.84. The Morgan fingerprint density at radius 1 is 1.29 bits per heavy atom. The number of pyridine rings is 1. The highest BCUT2D eigenvalue weighted by molar-refractivity contribution is 5.30. The van der Waals surface area contributed by atoms with E-state index in [1.54, 1.807) is 18.6 Å². The molecule has 0 aromatic carbocycles. The molecule has 0 amide bonds. The van der Waals surface area contributed by atoms with Crippen LogP contribution in [0.1, 0.15) is 5.56 Å². The molecule has 0 fully saturated rings. The molecule has 4 nitrogen and oxygen atoms in total. The summed E-state index contributed by atoms with van der Waals surface area (Å²) in [6, 6.07) is 4.01. The van der Waals surface area contributed by atoms with Crippen molar-refractivity contribution in [3.63, 3.8) is 0 Å². The molecule has 72 valence electrons. The molecule has 0 bridgehead atoms. The van der Waals surface area contributed by atoms with E-state index >= 15 is 0 Å². The molecule has 0 saturated carbocycles. The van der Waals surface area contributed by atoms with Crippen LogP contribution < -0.4 is 5.73 Å². The zero-order chi connectivity index (χ0) is 9.80. The van der Waals surface area contributed by atoms with Crippen molar-refractivity contribution >= 4 is 5.69 Å². The molecular weight excluding hydrogens is 176 g/mol. The van der Waals surface area contributed by atoms with E-state index in [1.807, 2.05) is 23.0 Å². The van der Waals surface area contributed by atoms with Crippen LogP contribution in [0.3, 0.4) is 0 Å². The molecule has 0 unspecified atom stereocenters. The summed E-state index contributed by atoms with van der Waals surface area (Å²) in [5, 5.41) is 4.11. The van der Waals surface area contributed by atoms with Crippen LogP contribution in [0.5, 0.6) is 0 Å². The molecule has 0 spiro atoms. The number of nitrogens with two attached hydrogens (primary N) is 1. The van der Waals surface area contributed by atoms with Crippen molar-refractivity contribution in [3.05, 3.63) is 42.5 Å². The zero-order valence-corrected chi connectivity index (χ0v) is 7.80. The fraction of sp³-hybridized carbons (Fsp3) is 0.200. The van der Waals surface area contributed by atoms with Gasteiger partial charge in [0.2, 0.25) is 0 Å². The molecule has 0 aliphatic heterocycles. The predicted molar refractivity (Wildman–Crippen MR) is 54.6 cm³/mol. The van der Waals surface area contributed by atoms with Crippen molar-refractivity contribution < 1.29 is 0 Å². The van der Waals surface area contributed by atoms with Crippen molar-refractivity contribution in [1.82, 2.24) is 14.8 Å². The molecule has 0 atom stereocenters. The van der Waals surface area contributed by atoms with Crippen LogP contribution in [0.25, 0.3) is 0 Å². The summed E-state index contributed by atoms with van der Waals surface area (Å²) < 4.78 is 1.84. The Kier molecular flexibility index (Phi) is 2.44. The summed E-state index contributed by atoms with van der Waals surface area (Å²) in [7, 11) is 0. The molecule has 0 radical (unpaired) electrons. The summed E-state index contributed by atoms with van der Waals surface area (Å²) >= 11 is 0. The van der Waals surface area contributed by atoms with Gasteiger partial charge < -0.3 is 5.73 Å². The minimum absolute atomic E-state index is 0.708. The summed E-state index contributed by atoms with van der Waals surface area (Å²) in [6.07, 6.45) is 8.04. The standard InChI is InChI=1S/C10H12N4/c11-10-7-13-14(8-10)6-3-9-1-4-12-5-2-9/h1-2,4-5,7-8H,3,6,11H2. The van der Waals surface area contributed by atoms with Gasteiger partial charge in [0.15, 0.2) is 0 Å². The van der Waals surface area contributed by atoms with E-state index in [2.05, 4.69) is 10.1 Å². The predicted octanol–water partition coefficient (Wildman–Crippen LogP) is 1.10. The zero-order valence-electron chi connectivity index (χ0n) is 7.80. The fourth-order valence-corrected chi connectivity index (χ4v) is 1.29. The van der Waals surface area contributed by atoms with Crippen LogP contribution >= 0.6 is 0 Å². The molecule has 0 saturated heterocycles. The minimum Gasteiger partial charge on any atom is -0.396 e. The maximum atomic E-state index is 5.55. The highest BCUT2D eigenvalue weighted by Crippen LogP contribution is 2.02. The summed E-state index contributed by atoms with van der Waals surface area (Å²) in [4.78, 5) is 3.96. The molecule has 0 aliphatic carbocycles. The first kappa shape index (κ1) is 8.74. The van der Waals surface area contributed by atoms with Crippen LogP contribution in [0.15, 0.2) is 36.9 Å². The molecule has 2 aromatic rings. The van der Waals surface area contributed by atoms with Crippen molar-refractivity contribution in [2.24, 2.45) is 0 Å². The van der Waals surface area contributed by atoms with Gasteiger partial charge in [-0.25, -0.2) is 0 Å². The largest absolute Gasteiger partial charge is 0.396 e. The molecule has 0 aliphatic rings.